The minimum absolute atomic E-state index is 0.00923. The second-order valence-corrected chi connectivity index (χ2v) is 6.71. The third kappa shape index (κ3) is 3.31. The van der Waals surface area contributed by atoms with E-state index in [1.54, 1.807) is 13.1 Å². The molecular weight excluding hydrogens is 393 g/mol. The summed E-state index contributed by atoms with van der Waals surface area (Å²) in [5.74, 6) is -1.03. The summed E-state index contributed by atoms with van der Waals surface area (Å²) in [5.41, 5.74) is 0.359. The number of thiazole rings is 1. The molecule has 4 aromatic rings. The lowest BCUT2D eigenvalue weighted by molar-refractivity contribution is 0.101. The Morgan fingerprint density at radius 1 is 1.21 bits per heavy atom. The molecule has 0 bridgehead atoms. The Labute approximate surface area is 159 Å². The molecule has 0 unspecified atom stereocenters. The fourth-order valence-electron chi connectivity index (χ4n) is 2.62. The van der Waals surface area contributed by atoms with Crippen LogP contribution in [-0.4, -0.2) is 30.6 Å². The predicted molar refractivity (Wildman–Crippen MR) is 96.7 cm³/mol. The quantitative estimate of drug-likeness (QED) is 0.559. The molecule has 11 heteroatoms. The predicted octanol–water partition coefficient (Wildman–Crippen LogP) is 3.82. The first kappa shape index (κ1) is 18.0. The second kappa shape index (κ2) is 7.00. The number of halogens is 3. The van der Waals surface area contributed by atoms with Crippen molar-refractivity contribution in [3.63, 3.8) is 0 Å². The number of amides is 1. The van der Waals surface area contributed by atoms with Gasteiger partial charge in [-0.3, -0.25) is 10.1 Å². The molecule has 7 nitrogen and oxygen atoms in total. The maximum Gasteiger partial charge on any atom is 0.294 e. The van der Waals surface area contributed by atoms with Crippen LogP contribution in [0.3, 0.4) is 0 Å². The molecule has 3 heterocycles. The third-order valence-corrected chi connectivity index (χ3v) is 4.80. The molecule has 0 atom stereocenters. The lowest BCUT2D eigenvalue weighted by Gasteiger charge is -2.08. The Morgan fingerprint density at radius 3 is 2.75 bits per heavy atom. The van der Waals surface area contributed by atoms with E-state index in [4.69, 9.17) is 0 Å². The van der Waals surface area contributed by atoms with Gasteiger partial charge in [0.1, 0.15) is 22.5 Å². The Hall–Kier alpha value is -3.34. The van der Waals surface area contributed by atoms with Gasteiger partial charge in [-0.25, -0.2) is 32.8 Å². The molecule has 142 valence electrons. The summed E-state index contributed by atoms with van der Waals surface area (Å²) in [6, 6.07) is 6.10. The number of alkyl halides is 2. The Morgan fingerprint density at radius 2 is 2.04 bits per heavy atom. The number of nitrogens with zero attached hydrogens (tertiary/aromatic N) is 5. The number of aryl methyl sites for hydroxylation is 1. The van der Waals surface area contributed by atoms with Gasteiger partial charge in [0.25, 0.3) is 12.3 Å². The number of hydrogen-bond donors (Lipinski definition) is 1. The van der Waals surface area contributed by atoms with E-state index < -0.39 is 18.1 Å². The fourth-order valence-corrected chi connectivity index (χ4v) is 3.45. The van der Waals surface area contributed by atoms with Gasteiger partial charge in [0.2, 0.25) is 5.82 Å². The van der Waals surface area contributed by atoms with Gasteiger partial charge in [-0.1, -0.05) is 11.3 Å². The highest BCUT2D eigenvalue weighted by atomic mass is 32.1. The molecule has 0 aliphatic heterocycles. The summed E-state index contributed by atoms with van der Waals surface area (Å²) in [5, 5.41) is 6.68. The molecule has 1 aromatic carbocycles. The van der Waals surface area contributed by atoms with Crippen LogP contribution in [0.1, 0.15) is 22.6 Å². The molecule has 0 aliphatic rings. The first-order chi connectivity index (χ1) is 13.4. The number of aromatic nitrogens is 5. The number of carbonyl (C=O) groups is 1. The molecule has 0 spiro atoms. The van der Waals surface area contributed by atoms with E-state index in [0.717, 1.165) is 29.5 Å². The molecule has 4 rings (SSSR count). The number of fused-ring (bicyclic) bond motifs is 1. The lowest BCUT2D eigenvalue weighted by Crippen LogP contribution is -2.17. The highest BCUT2D eigenvalue weighted by molar-refractivity contribution is 7.22. The van der Waals surface area contributed by atoms with Crippen LogP contribution in [0.15, 0.2) is 36.7 Å². The SMILES string of the molecule is Cn1ncnc1C(=O)Nc1nc2ccc(-c3cc(F)ccc3C(F)F)nc2s1. The number of anilines is 1. The summed E-state index contributed by atoms with van der Waals surface area (Å²) >= 11 is 1.06. The smallest absolute Gasteiger partial charge is 0.294 e. The van der Waals surface area contributed by atoms with Crippen molar-refractivity contribution in [3.8, 4) is 11.3 Å². The van der Waals surface area contributed by atoms with E-state index >= 15 is 0 Å². The Bertz CT molecular complexity index is 1190. The summed E-state index contributed by atoms with van der Waals surface area (Å²) in [6.07, 6.45) is -1.52. The van der Waals surface area contributed by atoms with Gasteiger partial charge in [-0.05, 0) is 30.3 Å². The van der Waals surface area contributed by atoms with Crippen molar-refractivity contribution >= 4 is 32.7 Å². The maximum atomic E-state index is 13.6. The van der Waals surface area contributed by atoms with Crippen LogP contribution in [-0.2, 0) is 7.05 Å². The van der Waals surface area contributed by atoms with E-state index in [1.165, 1.54) is 17.1 Å². The van der Waals surface area contributed by atoms with Gasteiger partial charge in [-0.2, -0.15) is 5.10 Å². The molecule has 0 saturated carbocycles. The largest absolute Gasteiger partial charge is 0.295 e. The topological polar surface area (TPSA) is 85.6 Å². The van der Waals surface area contributed by atoms with Gasteiger partial charge < -0.3 is 0 Å². The Balaban J connectivity index is 1.69. The van der Waals surface area contributed by atoms with E-state index in [9.17, 15) is 18.0 Å². The number of rotatable bonds is 4. The van der Waals surface area contributed by atoms with Gasteiger partial charge >= 0.3 is 0 Å². The van der Waals surface area contributed by atoms with Gasteiger partial charge in [0.05, 0.1) is 5.69 Å². The zero-order valence-electron chi connectivity index (χ0n) is 14.2. The first-order valence-corrected chi connectivity index (χ1v) is 8.75. The molecule has 0 aliphatic carbocycles. The fraction of sp³-hybridized carbons (Fsp3) is 0.118. The van der Waals surface area contributed by atoms with Crippen LogP contribution >= 0.6 is 11.3 Å². The van der Waals surface area contributed by atoms with Crippen molar-refractivity contribution in [3.05, 3.63) is 53.9 Å². The summed E-state index contributed by atoms with van der Waals surface area (Å²) in [4.78, 5) is 25.0. The molecule has 0 fully saturated rings. The standard InChI is InChI=1S/C17H11F3N6OS/c1-26-14(21-7-22-26)15(27)25-17-24-12-5-4-11(23-16(12)28-17)10-6-8(18)2-3-9(10)13(19)20/h2-7,13H,1H3,(H,24,25,27). The van der Waals surface area contributed by atoms with Crippen LogP contribution in [0.2, 0.25) is 0 Å². The van der Waals surface area contributed by atoms with Crippen molar-refractivity contribution in [2.75, 3.05) is 5.32 Å². The van der Waals surface area contributed by atoms with Crippen molar-refractivity contribution in [1.82, 2.24) is 24.7 Å². The van der Waals surface area contributed by atoms with E-state index in [1.807, 2.05) is 0 Å². The second-order valence-electron chi connectivity index (χ2n) is 5.73. The minimum atomic E-state index is -2.77. The van der Waals surface area contributed by atoms with E-state index in [2.05, 4.69) is 25.4 Å². The Kier molecular flexibility index (Phi) is 4.51. The zero-order valence-corrected chi connectivity index (χ0v) is 15.0. The number of pyridine rings is 1. The number of benzene rings is 1. The minimum Gasteiger partial charge on any atom is -0.295 e. The monoisotopic (exact) mass is 404 g/mol. The van der Waals surface area contributed by atoms with Crippen LogP contribution in [0.5, 0.6) is 0 Å². The summed E-state index contributed by atoms with van der Waals surface area (Å²) in [6.45, 7) is 0. The number of hydrogen-bond acceptors (Lipinski definition) is 6. The third-order valence-electron chi connectivity index (χ3n) is 3.92. The van der Waals surface area contributed by atoms with Gasteiger partial charge in [0, 0.05) is 18.2 Å². The lowest BCUT2D eigenvalue weighted by atomic mass is 10.0. The average molecular weight is 404 g/mol. The van der Waals surface area contributed by atoms with E-state index in [0.29, 0.717) is 10.3 Å². The van der Waals surface area contributed by atoms with Crippen molar-refractivity contribution in [2.45, 2.75) is 6.43 Å². The number of nitrogens with one attached hydrogen (secondary N) is 1. The zero-order chi connectivity index (χ0) is 19.8. The normalized spacial score (nSPS) is 11.3. The molecule has 1 N–H and O–H groups in total. The average Bonchev–Trinajstić information content (AvgIpc) is 3.25. The van der Waals surface area contributed by atoms with Crippen LogP contribution in [0.25, 0.3) is 21.6 Å². The van der Waals surface area contributed by atoms with Crippen molar-refractivity contribution in [1.29, 1.82) is 0 Å². The van der Waals surface area contributed by atoms with Crippen LogP contribution in [0, 0.1) is 5.82 Å². The van der Waals surface area contributed by atoms with Gasteiger partial charge in [0.15, 0.2) is 5.13 Å². The van der Waals surface area contributed by atoms with E-state index in [-0.39, 0.29) is 27.8 Å². The highest BCUT2D eigenvalue weighted by Crippen LogP contribution is 2.33. The highest BCUT2D eigenvalue weighted by Gasteiger charge is 2.18. The molecule has 0 saturated heterocycles. The van der Waals surface area contributed by atoms with Gasteiger partial charge in [-0.15, -0.1) is 0 Å². The first-order valence-electron chi connectivity index (χ1n) is 7.93. The van der Waals surface area contributed by atoms with Crippen molar-refractivity contribution < 1.29 is 18.0 Å². The molecule has 28 heavy (non-hydrogen) atoms. The summed E-state index contributed by atoms with van der Waals surface area (Å²) in [7, 11) is 1.58. The van der Waals surface area contributed by atoms with Crippen LogP contribution in [0.4, 0.5) is 18.3 Å². The number of carbonyl (C=O) groups excluding carboxylic acids is 1. The molecule has 3 aromatic heterocycles. The summed E-state index contributed by atoms with van der Waals surface area (Å²) < 4.78 is 41.4. The molecule has 1 amide bonds. The van der Waals surface area contributed by atoms with Crippen molar-refractivity contribution in [2.24, 2.45) is 7.05 Å². The molecular formula is C17H11F3N6OS. The maximum absolute atomic E-state index is 13.6. The van der Waals surface area contributed by atoms with Crippen LogP contribution < -0.4 is 5.32 Å². The molecule has 0 radical (unpaired) electrons.